The monoisotopic (exact) mass is 301 g/mol. The lowest BCUT2D eigenvalue weighted by Gasteiger charge is -1.97. The molecule has 3 nitrogen and oxygen atoms in total. The molecule has 3 rings (SSSR count). The lowest BCUT2D eigenvalue weighted by atomic mass is 10.2. The Hall–Kier alpha value is -1.81. The maximum absolute atomic E-state index is 5.79. The van der Waals surface area contributed by atoms with Gasteiger partial charge in [0.25, 0.3) is 0 Å². The van der Waals surface area contributed by atoms with Crippen molar-refractivity contribution < 1.29 is 0 Å². The maximum Gasteiger partial charge on any atom is 0.138 e. The predicted molar refractivity (Wildman–Crippen MR) is 78.6 cm³/mol. The summed E-state index contributed by atoms with van der Waals surface area (Å²) in [5.74, 6) is 0.851. The molecule has 18 heavy (non-hydrogen) atoms. The van der Waals surface area contributed by atoms with E-state index in [4.69, 9.17) is 5.73 Å². The molecule has 0 bridgehead atoms. The largest absolute Gasteiger partial charge is 0.399 e. The van der Waals surface area contributed by atoms with Gasteiger partial charge in [0.2, 0.25) is 0 Å². The number of nitrogens with two attached hydrogens (primary N) is 1. The Labute approximate surface area is 113 Å². The molecule has 0 saturated carbocycles. The molecule has 0 fully saturated rings. The lowest BCUT2D eigenvalue weighted by molar-refractivity contribution is 1.34. The van der Waals surface area contributed by atoms with Gasteiger partial charge in [-0.1, -0.05) is 34.1 Å². The van der Waals surface area contributed by atoms with Crippen molar-refractivity contribution in [3.63, 3.8) is 0 Å². The third-order valence-corrected chi connectivity index (χ3v) is 3.51. The summed E-state index contributed by atoms with van der Waals surface area (Å²) >= 11 is 3.45. The molecule has 3 aromatic rings. The number of anilines is 1. The topological polar surface area (TPSA) is 54.7 Å². The van der Waals surface area contributed by atoms with Crippen LogP contribution in [0.2, 0.25) is 0 Å². The van der Waals surface area contributed by atoms with Crippen molar-refractivity contribution in [1.82, 2.24) is 9.97 Å². The van der Waals surface area contributed by atoms with E-state index in [-0.39, 0.29) is 0 Å². The first-order valence-corrected chi connectivity index (χ1v) is 6.79. The number of nitrogens with zero attached hydrogens (tertiary/aromatic N) is 1. The van der Waals surface area contributed by atoms with Crippen LogP contribution >= 0.6 is 15.9 Å². The third-order valence-electron chi connectivity index (χ3n) is 2.86. The van der Waals surface area contributed by atoms with Gasteiger partial charge in [-0.3, -0.25) is 0 Å². The second kappa shape index (κ2) is 4.46. The van der Waals surface area contributed by atoms with Crippen LogP contribution in [-0.2, 0) is 5.33 Å². The molecule has 0 unspecified atom stereocenters. The molecule has 1 aromatic heterocycles. The van der Waals surface area contributed by atoms with E-state index in [9.17, 15) is 0 Å². The van der Waals surface area contributed by atoms with E-state index in [1.165, 1.54) is 5.56 Å². The molecule has 0 spiro atoms. The first-order valence-electron chi connectivity index (χ1n) is 5.67. The van der Waals surface area contributed by atoms with Gasteiger partial charge in [-0.15, -0.1) is 0 Å². The van der Waals surface area contributed by atoms with Crippen molar-refractivity contribution in [3.8, 4) is 11.4 Å². The number of halogens is 1. The van der Waals surface area contributed by atoms with Gasteiger partial charge in [-0.2, -0.15) is 0 Å². The number of aromatic amines is 1. The van der Waals surface area contributed by atoms with Crippen molar-refractivity contribution in [2.24, 2.45) is 0 Å². The quantitative estimate of drug-likeness (QED) is 0.560. The summed E-state index contributed by atoms with van der Waals surface area (Å²) < 4.78 is 0. The molecule has 3 N–H and O–H groups in total. The van der Waals surface area contributed by atoms with Gasteiger partial charge >= 0.3 is 0 Å². The van der Waals surface area contributed by atoms with Crippen LogP contribution in [0.25, 0.3) is 22.4 Å². The van der Waals surface area contributed by atoms with Crippen molar-refractivity contribution >= 4 is 32.7 Å². The summed E-state index contributed by atoms with van der Waals surface area (Å²) in [6.07, 6.45) is 0. The molecule has 4 heteroatoms. The number of alkyl halides is 1. The minimum absolute atomic E-state index is 0.745. The van der Waals surface area contributed by atoms with Crippen molar-refractivity contribution in [2.45, 2.75) is 5.33 Å². The van der Waals surface area contributed by atoms with E-state index in [1.807, 2.05) is 30.3 Å². The number of aromatic nitrogens is 2. The smallest absolute Gasteiger partial charge is 0.138 e. The zero-order chi connectivity index (χ0) is 12.5. The fourth-order valence-corrected chi connectivity index (χ4v) is 2.31. The molecule has 0 saturated heterocycles. The van der Waals surface area contributed by atoms with E-state index < -0.39 is 0 Å². The fourth-order valence-electron chi connectivity index (χ4n) is 1.96. The highest BCUT2D eigenvalue weighted by Gasteiger charge is 2.05. The number of fused-ring (bicyclic) bond motifs is 1. The van der Waals surface area contributed by atoms with Crippen LogP contribution in [0, 0.1) is 0 Å². The summed E-state index contributed by atoms with van der Waals surface area (Å²) in [6.45, 7) is 0. The molecule has 0 amide bonds. The second-order valence-corrected chi connectivity index (χ2v) is 4.76. The molecule has 0 aliphatic carbocycles. The van der Waals surface area contributed by atoms with Crippen molar-refractivity contribution in [1.29, 1.82) is 0 Å². The van der Waals surface area contributed by atoms with Crippen LogP contribution < -0.4 is 5.73 Å². The Morgan fingerprint density at radius 3 is 2.83 bits per heavy atom. The molecule has 0 radical (unpaired) electrons. The Balaban J connectivity index is 2.13. The molecule has 0 atom stereocenters. The number of H-pyrrole nitrogens is 1. The average Bonchev–Trinajstić information content (AvgIpc) is 2.81. The summed E-state index contributed by atoms with van der Waals surface area (Å²) in [6, 6.07) is 13.9. The number of hydrogen-bond donors (Lipinski definition) is 2. The fraction of sp³-hybridized carbons (Fsp3) is 0.0714. The summed E-state index contributed by atoms with van der Waals surface area (Å²) in [4.78, 5) is 7.90. The zero-order valence-corrected chi connectivity index (χ0v) is 11.2. The van der Waals surface area contributed by atoms with Gasteiger partial charge in [-0.05, 0) is 29.8 Å². The molecular weight excluding hydrogens is 290 g/mol. The van der Waals surface area contributed by atoms with Crippen LogP contribution in [-0.4, -0.2) is 9.97 Å². The highest BCUT2D eigenvalue weighted by molar-refractivity contribution is 9.08. The minimum Gasteiger partial charge on any atom is -0.399 e. The van der Waals surface area contributed by atoms with Gasteiger partial charge in [0.15, 0.2) is 0 Å². The molecular formula is C14H12BrN3. The van der Waals surface area contributed by atoms with Crippen LogP contribution in [0.3, 0.4) is 0 Å². The highest BCUT2D eigenvalue weighted by atomic mass is 79.9. The van der Waals surface area contributed by atoms with Gasteiger partial charge in [-0.25, -0.2) is 4.98 Å². The number of nitrogens with one attached hydrogen (secondary N) is 1. The highest BCUT2D eigenvalue weighted by Crippen LogP contribution is 2.23. The first-order chi connectivity index (χ1) is 8.76. The standard InChI is InChI=1S/C14H12BrN3/c15-8-9-4-5-12-13(6-9)18-14(17-12)10-2-1-3-11(16)7-10/h1-7H,8,16H2,(H,17,18). The van der Waals surface area contributed by atoms with Crippen molar-refractivity contribution in [2.75, 3.05) is 5.73 Å². The predicted octanol–water partition coefficient (Wildman–Crippen LogP) is 3.71. The Morgan fingerprint density at radius 1 is 1.17 bits per heavy atom. The average molecular weight is 302 g/mol. The maximum atomic E-state index is 5.79. The van der Waals surface area contributed by atoms with E-state index in [0.29, 0.717) is 0 Å². The Morgan fingerprint density at radius 2 is 2.06 bits per heavy atom. The zero-order valence-electron chi connectivity index (χ0n) is 9.65. The van der Waals surface area contributed by atoms with Gasteiger partial charge in [0, 0.05) is 16.6 Å². The van der Waals surface area contributed by atoms with Gasteiger partial charge in [0.05, 0.1) is 11.0 Å². The first kappa shape index (κ1) is 11.3. The lowest BCUT2D eigenvalue weighted by Crippen LogP contribution is -1.86. The summed E-state index contributed by atoms with van der Waals surface area (Å²) in [7, 11) is 0. The van der Waals surface area contributed by atoms with Crippen LogP contribution in [0.4, 0.5) is 5.69 Å². The number of rotatable bonds is 2. The van der Waals surface area contributed by atoms with Crippen molar-refractivity contribution in [3.05, 3.63) is 48.0 Å². The molecule has 0 aliphatic heterocycles. The third kappa shape index (κ3) is 1.99. The minimum atomic E-state index is 0.745. The molecule has 0 aliphatic rings. The Kier molecular flexibility index (Phi) is 2.80. The number of hydrogen-bond acceptors (Lipinski definition) is 2. The van der Waals surface area contributed by atoms with Gasteiger partial charge < -0.3 is 10.7 Å². The van der Waals surface area contributed by atoms with E-state index in [2.05, 4.69) is 38.0 Å². The second-order valence-electron chi connectivity index (χ2n) is 4.20. The Bertz CT molecular complexity index is 703. The number of benzene rings is 2. The summed E-state index contributed by atoms with van der Waals surface area (Å²) in [5, 5.41) is 0.843. The summed E-state index contributed by atoms with van der Waals surface area (Å²) in [5.41, 5.74) is 10.8. The van der Waals surface area contributed by atoms with E-state index in [1.54, 1.807) is 0 Å². The van der Waals surface area contributed by atoms with E-state index >= 15 is 0 Å². The van der Waals surface area contributed by atoms with Crippen LogP contribution in [0.1, 0.15) is 5.56 Å². The molecule has 1 heterocycles. The van der Waals surface area contributed by atoms with E-state index in [0.717, 1.165) is 33.4 Å². The van der Waals surface area contributed by atoms with Gasteiger partial charge in [0.1, 0.15) is 5.82 Å². The number of nitrogen functional groups attached to an aromatic ring is 1. The molecule has 2 aromatic carbocycles. The van der Waals surface area contributed by atoms with Crippen LogP contribution in [0.15, 0.2) is 42.5 Å². The number of imidazole rings is 1. The molecule has 90 valence electrons. The SMILES string of the molecule is Nc1cccc(-c2nc3ccc(CBr)cc3[nH]2)c1. The normalized spacial score (nSPS) is 10.9. The van der Waals surface area contributed by atoms with Crippen LogP contribution in [0.5, 0.6) is 0 Å².